The van der Waals surface area contributed by atoms with Crippen molar-refractivity contribution in [2.24, 2.45) is 0 Å². The van der Waals surface area contributed by atoms with Crippen LogP contribution in [0.15, 0.2) is 122 Å². The lowest BCUT2D eigenvalue weighted by atomic mass is 10.0. The molecular formula is C44H44O12. The molecule has 0 spiro atoms. The third kappa shape index (κ3) is 12.7. The van der Waals surface area contributed by atoms with Gasteiger partial charge in [-0.1, -0.05) is 61.7 Å². The van der Waals surface area contributed by atoms with Crippen LogP contribution in [0.1, 0.15) is 46.4 Å². The molecule has 1 aliphatic heterocycles. The number of carbonyl (C=O) groups excluding carboxylic acids is 4. The van der Waals surface area contributed by atoms with Crippen molar-refractivity contribution in [1.82, 2.24) is 0 Å². The average molecular weight is 765 g/mol. The largest absolute Gasteiger partial charge is 0.494 e. The molecule has 5 rings (SSSR count). The molecule has 0 aliphatic carbocycles. The second-order valence-electron chi connectivity index (χ2n) is 12.3. The van der Waals surface area contributed by atoms with Gasteiger partial charge in [0.2, 0.25) is 0 Å². The highest BCUT2D eigenvalue weighted by atomic mass is 16.8. The fourth-order valence-corrected chi connectivity index (χ4v) is 5.35. The molecule has 0 amide bonds. The zero-order chi connectivity index (χ0) is 39.5. The van der Waals surface area contributed by atoms with Crippen molar-refractivity contribution in [2.45, 2.75) is 38.3 Å². The molecule has 1 saturated heterocycles. The molecule has 0 aromatic heterocycles. The third-order valence-electron chi connectivity index (χ3n) is 8.37. The van der Waals surface area contributed by atoms with E-state index in [4.69, 9.17) is 37.9 Å². The van der Waals surface area contributed by atoms with Gasteiger partial charge in [0, 0.05) is 12.2 Å². The summed E-state index contributed by atoms with van der Waals surface area (Å²) >= 11 is 0. The minimum Gasteiger partial charge on any atom is -0.494 e. The van der Waals surface area contributed by atoms with Crippen LogP contribution in [-0.2, 0) is 38.0 Å². The number of benzene rings is 4. The standard InChI is InChI=1S/C44H44O12/c1-3-39(45)51-27-7-5-25-49-37-21-17-33(18-22-37)31-9-13-35(14-10-31)41(47)55-43-44(54-30-29-53-43)56-42(48)36-15-11-32(12-16-36)34-19-23-38(24-20-34)50-26-6-8-28-52-40(46)4-2/h3-4,9-24,43-44H,1-2,5-8,25-30H2. The van der Waals surface area contributed by atoms with Crippen molar-refractivity contribution in [3.05, 3.63) is 133 Å². The van der Waals surface area contributed by atoms with Crippen LogP contribution >= 0.6 is 0 Å². The molecular weight excluding hydrogens is 720 g/mol. The number of unbranched alkanes of at least 4 members (excludes halogenated alkanes) is 2. The third-order valence-corrected chi connectivity index (χ3v) is 8.37. The summed E-state index contributed by atoms with van der Waals surface area (Å²) in [5, 5.41) is 0. The molecule has 12 nitrogen and oxygen atoms in total. The first-order valence-electron chi connectivity index (χ1n) is 18.2. The van der Waals surface area contributed by atoms with Gasteiger partial charge in [-0.2, -0.15) is 0 Å². The molecule has 0 saturated carbocycles. The molecule has 0 bridgehead atoms. The number of hydrogen-bond donors (Lipinski definition) is 0. The van der Waals surface area contributed by atoms with Crippen LogP contribution < -0.4 is 9.47 Å². The summed E-state index contributed by atoms with van der Waals surface area (Å²) in [6.07, 6.45) is 2.59. The number of ether oxygens (including phenoxy) is 8. The minimum atomic E-state index is -1.26. The number of carbonyl (C=O) groups is 4. The molecule has 0 N–H and O–H groups in total. The Morgan fingerprint density at radius 3 is 1.16 bits per heavy atom. The predicted molar refractivity (Wildman–Crippen MR) is 206 cm³/mol. The molecule has 292 valence electrons. The zero-order valence-electron chi connectivity index (χ0n) is 30.9. The molecule has 4 aromatic rings. The van der Waals surface area contributed by atoms with E-state index in [9.17, 15) is 19.2 Å². The molecule has 2 atom stereocenters. The highest BCUT2D eigenvalue weighted by molar-refractivity contribution is 5.91. The summed E-state index contributed by atoms with van der Waals surface area (Å²) in [6.45, 7) is 8.65. The molecule has 0 radical (unpaired) electrons. The number of esters is 4. The van der Waals surface area contributed by atoms with E-state index in [2.05, 4.69) is 13.2 Å². The van der Waals surface area contributed by atoms with Crippen molar-refractivity contribution < 1.29 is 57.1 Å². The lowest BCUT2D eigenvalue weighted by molar-refractivity contribution is -0.288. The van der Waals surface area contributed by atoms with Crippen molar-refractivity contribution >= 4 is 23.9 Å². The number of hydrogen-bond acceptors (Lipinski definition) is 12. The second-order valence-corrected chi connectivity index (χ2v) is 12.3. The quantitative estimate of drug-likeness (QED) is 0.0381. The normalized spacial score (nSPS) is 14.8. The van der Waals surface area contributed by atoms with Crippen LogP contribution in [0, 0.1) is 0 Å². The van der Waals surface area contributed by atoms with E-state index in [0.717, 1.165) is 47.2 Å². The van der Waals surface area contributed by atoms with Gasteiger partial charge in [-0.05, 0) is 96.5 Å². The van der Waals surface area contributed by atoms with E-state index < -0.39 is 36.5 Å². The van der Waals surface area contributed by atoms with Gasteiger partial charge in [0.1, 0.15) is 11.5 Å². The monoisotopic (exact) mass is 764 g/mol. The molecule has 2 unspecified atom stereocenters. The summed E-state index contributed by atoms with van der Waals surface area (Å²) < 4.78 is 43.8. The Morgan fingerprint density at radius 2 is 0.821 bits per heavy atom. The summed E-state index contributed by atoms with van der Waals surface area (Å²) in [4.78, 5) is 48.3. The highest BCUT2D eigenvalue weighted by Gasteiger charge is 2.34. The molecule has 4 aromatic carbocycles. The van der Waals surface area contributed by atoms with Crippen molar-refractivity contribution in [2.75, 3.05) is 39.6 Å². The molecule has 1 fully saturated rings. The lowest BCUT2D eigenvalue weighted by Gasteiger charge is -2.30. The van der Waals surface area contributed by atoms with E-state index >= 15 is 0 Å². The van der Waals surface area contributed by atoms with Crippen LogP contribution in [0.5, 0.6) is 11.5 Å². The zero-order valence-corrected chi connectivity index (χ0v) is 30.9. The summed E-state index contributed by atoms with van der Waals surface area (Å²) in [5.74, 6) is -0.775. The van der Waals surface area contributed by atoms with E-state index in [-0.39, 0.29) is 24.3 Å². The molecule has 1 aliphatic rings. The minimum absolute atomic E-state index is 0.154. The summed E-state index contributed by atoms with van der Waals surface area (Å²) in [6, 6.07) is 28.9. The average Bonchev–Trinajstić information content (AvgIpc) is 3.24. The Balaban J connectivity index is 1.06. The van der Waals surface area contributed by atoms with Gasteiger partial charge in [0.15, 0.2) is 0 Å². The Hall–Kier alpha value is -6.24. The van der Waals surface area contributed by atoms with Gasteiger partial charge < -0.3 is 37.9 Å². The summed E-state index contributed by atoms with van der Waals surface area (Å²) in [7, 11) is 0. The lowest BCUT2D eigenvalue weighted by Crippen LogP contribution is -2.44. The smallest absolute Gasteiger partial charge is 0.340 e. The van der Waals surface area contributed by atoms with E-state index in [0.29, 0.717) is 50.8 Å². The second kappa shape index (κ2) is 21.6. The van der Waals surface area contributed by atoms with E-state index in [1.807, 2.05) is 48.5 Å². The van der Waals surface area contributed by atoms with Crippen LogP contribution in [-0.4, -0.2) is 76.1 Å². The Bertz CT molecular complexity index is 1760. The first kappa shape index (κ1) is 40.9. The Kier molecular flexibility index (Phi) is 15.8. The molecule has 12 heteroatoms. The first-order chi connectivity index (χ1) is 27.3. The van der Waals surface area contributed by atoms with E-state index in [1.54, 1.807) is 48.5 Å². The Labute approximate surface area is 325 Å². The Morgan fingerprint density at radius 1 is 0.500 bits per heavy atom. The van der Waals surface area contributed by atoms with Gasteiger partial charge in [-0.3, -0.25) is 0 Å². The topological polar surface area (TPSA) is 142 Å². The van der Waals surface area contributed by atoms with Gasteiger partial charge >= 0.3 is 23.9 Å². The number of rotatable bonds is 20. The SMILES string of the molecule is C=CC(=O)OCCCCOc1ccc(-c2ccc(C(=O)OC3OCCOC3OC(=O)c3ccc(-c4ccc(OCCCCOC(=O)C=C)cc4)cc3)cc2)cc1. The molecule has 56 heavy (non-hydrogen) atoms. The van der Waals surface area contributed by atoms with Crippen molar-refractivity contribution in [1.29, 1.82) is 0 Å². The van der Waals surface area contributed by atoms with E-state index in [1.165, 1.54) is 0 Å². The predicted octanol–water partition coefficient (Wildman–Crippen LogP) is 7.51. The van der Waals surface area contributed by atoms with Crippen LogP contribution in [0.3, 0.4) is 0 Å². The highest BCUT2D eigenvalue weighted by Crippen LogP contribution is 2.26. The maximum Gasteiger partial charge on any atom is 0.340 e. The van der Waals surface area contributed by atoms with Crippen LogP contribution in [0.4, 0.5) is 0 Å². The van der Waals surface area contributed by atoms with Gasteiger partial charge in [-0.25, -0.2) is 19.2 Å². The van der Waals surface area contributed by atoms with Crippen molar-refractivity contribution in [3.63, 3.8) is 0 Å². The van der Waals surface area contributed by atoms with Gasteiger partial charge in [0.05, 0.1) is 50.8 Å². The van der Waals surface area contributed by atoms with Gasteiger partial charge in [-0.15, -0.1) is 0 Å². The maximum atomic E-state index is 13.1. The fourth-order valence-electron chi connectivity index (χ4n) is 5.35. The fraction of sp³-hybridized carbons (Fsp3) is 0.273. The molecule has 1 heterocycles. The van der Waals surface area contributed by atoms with Crippen LogP contribution in [0.2, 0.25) is 0 Å². The van der Waals surface area contributed by atoms with Crippen LogP contribution in [0.25, 0.3) is 22.3 Å². The first-order valence-corrected chi connectivity index (χ1v) is 18.2. The van der Waals surface area contributed by atoms with Gasteiger partial charge in [0.25, 0.3) is 12.6 Å². The van der Waals surface area contributed by atoms with Crippen molar-refractivity contribution in [3.8, 4) is 33.8 Å². The summed E-state index contributed by atoms with van der Waals surface area (Å²) in [5.41, 5.74) is 4.18. The maximum absolute atomic E-state index is 13.1.